The molecule has 1 amide bonds. The maximum Gasteiger partial charge on any atom is 0.224 e. The zero-order chi connectivity index (χ0) is 31.5. The zero-order valence-corrected chi connectivity index (χ0v) is 25.6. The number of anilines is 1. The molecule has 1 aliphatic rings. The third kappa shape index (κ3) is 6.32. The Labute approximate surface area is 265 Å². The number of nitrogens with one attached hydrogen (secondary N) is 3. The Morgan fingerprint density at radius 2 is 1.80 bits per heavy atom. The number of unbranched alkanes of at least 4 members (excludes halogenated alkanes) is 1. The number of H-pyrrole nitrogens is 2. The fourth-order valence-corrected chi connectivity index (χ4v) is 6.00. The number of pyridine rings is 3. The molecule has 1 aromatic carbocycles. The van der Waals surface area contributed by atoms with Crippen molar-refractivity contribution >= 4 is 33.5 Å². The van der Waals surface area contributed by atoms with Gasteiger partial charge >= 0.3 is 0 Å². The summed E-state index contributed by atoms with van der Waals surface area (Å²) in [5, 5.41) is 12.2. The summed E-state index contributed by atoms with van der Waals surface area (Å²) in [7, 11) is 0. The van der Waals surface area contributed by atoms with E-state index < -0.39 is 0 Å². The molecular formula is C35H35FN8O2. The van der Waals surface area contributed by atoms with Crippen LogP contribution < -0.4 is 10.1 Å². The second kappa shape index (κ2) is 13.1. The van der Waals surface area contributed by atoms with E-state index in [9.17, 15) is 9.18 Å². The van der Waals surface area contributed by atoms with Gasteiger partial charge in [-0.2, -0.15) is 5.10 Å². The minimum absolute atomic E-state index is 0.0290. The van der Waals surface area contributed by atoms with Gasteiger partial charge in [-0.3, -0.25) is 24.8 Å². The number of rotatable bonds is 11. The summed E-state index contributed by atoms with van der Waals surface area (Å²) in [6.45, 7) is 5.58. The van der Waals surface area contributed by atoms with Gasteiger partial charge in [-0.25, -0.2) is 9.37 Å². The van der Waals surface area contributed by atoms with Crippen LogP contribution in [-0.2, 0) is 4.79 Å². The molecule has 6 heterocycles. The molecule has 10 nitrogen and oxygen atoms in total. The molecule has 0 spiro atoms. The largest absolute Gasteiger partial charge is 0.492 e. The summed E-state index contributed by atoms with van der Waals surface area (Å²) >= 11 is 0. The van der Waals surface area contributed by atoms with Gasteiger partial charge in [0.1, 0.15) is 23.9 Å². The van der Waals surface area contributed by atoms with Gasteiger partial charge < -0.3 is 15.0 Å². The first kappa shape index (κ1) is 29.5. The Morgan fingerprint density at radius 3 is 2.67 bits per heavy atom. The molecule has 1 fully saturated rings. The van der Waals surface area contributed by atoms with Gasteiger partial charge in [0.25, 0.3) is 0 Å². The average Bonchev–Trinajstić information content (AvgIpc) is 3.83. The fraction of sp³-hybridized carbons (Fsp3) is 0.286. The van der Waals surface area contributed by atoms with E-state index in [-0.39, 0.29) is 11.7 Å². The minimum Gasteiger partial charge on any atom is -0.492 e. The molecule has 1 aliphatic heterocycles. The first-order chi connectivity index (χ1) is 22.5. The van der Waals surface area contributed by atoms with Gasteiger partial charge in [0, 0.05) is 65.1 Å². The van der Waals surface area contributed by atoms with Crippen molar-refractivity contribution in [3.8, 4) is 39.4 Å². The highest BCUT2D eigenvalue weighted by Crippen LogP contribution is 2.36. The van der Waals surface area contributed by atoms with E-state index in [0.717, 1.165) is 71.1 Å². The van der Waals surface area contributed by atoms with E-state index in [1.807, 2.05) is 24.3 Å². The van der Waals surface area contributed by atoms with Gasteiger partial charge in [-0.15, -0.1) is 0 Å². The van der Waals surface area contributed by atoms with Crippen molar-refractivity contribution in [3.05, 3.63) is 73.2 Å². The van der Waals surface area contributed by atoms with Crippen LogP contribution in [0.2, 0.25) is 0 Å². The second-order valence-electron chi connectivity index (χ2n) is 11.7. The van der Waals surface area contributed by atoms with Crippen LogP contribution in [0, 0.1) is 5.82 Å². The Kier molecular flexibility index (Phi) is 8.39. The monoisotopic (exact) mass is 618 g/mol. The van der Waals surface area contributed by atoms with Crippen molar-refractivity contribution in [3.63, 3.8) is 0 Å². The number of fused-ring (bicyclic) bond motifs is 2. The summed E-state index contributed by atoms with van der Waals surface area (Å²) < 4.78 is 20.8. The van der Waals surface area contributed by atoms with Crippen molar-refractivity contribution in [2.45, 2.75) is 39.0 Å². The van der Waals surface area contributed by atoms with Gasteiger partial charge in [0.05, 0.1) is 29.3 Å². The van der Waals surface area contributed by atoms with Gasteiger partial charge in [-0.1, -0.05) is 13.3 Å². The highest BCUT2D eigenvalue weighted by Gasteiger charge is 2.17. The lowest BCUT2D eigenvalue weighted by atomic mass is 10.0. The summed E-state index contributed by atoms with van der Waals surface area (Å²) in [6, 6.07) is 10.7. The fourth-order valence-electron chi connectivity index (χ4n) is 6.00. The number of carbonyl (C=O) groups is 1. The summed E-state index contributed by atoms with van der Waals surface area (Å²) in [4.78, 5) is 31.5. The third-order valence-electron chi connectivity index (χ3n) is 8.39. The van der Waals surface area contributed by atoms with Crippen LogP contribution in [0.3, 0.4) is 0 Å². The molecule has 46 heavy (non-hydrogen) atoms. The zero-order valence-electron chi connectivity index (χ0n) is 25.6. The lowest BCUT2D eigenvalue weighted by molar-refractivity contribution is -0.116. The molecule has 7 rings (SSSR count). The molecule has 0 unspecified atom stereocenters. The number of nitrogens with zero attached hydrogens (tertiary/aromatic N) is 5. The number of benzene rings is 1. The van der Waals surface area contributed by atoms with Crippen LogP contribution >= 0.6 is 0 Å². The number of likely N-dealkylation sites (tertiary alicyclic amines) is 1. The quantitative estimate of drug-likeness (QED) is 0.143. The number of aromatic nitrogens is 6. The third-order valence-corrected chi connectivity index (χ3v) is 8.39. The average molecular weight is 619 g/mol. The van der Waals surface area contributed by atoms with Crippen LogP contribution in [0.1, 0.15) is 39.0 Å². The van der Waals surface area contributed by atoms with Gasteiger partial charge in [0.2, 0.25) is 5.91 Å². The maximum atomic E-state index is 14.8. The summed E-state index contributed by atoms with van der Waals surface area (Å²) in [6.07, 6.45) is 13.3. The van der Waals surface area contributed by atoms with Crippen LogP contribution in [0.5, 0.6) is 5.75 Å². The number of amides is 1. The maximum absolute atomic E-state index is 14.8. The molecule has 6 aromatic rings. The topological polar surface area (TPSA) is 125 Å². The Bertz CT molecular complexity index is 2010. The van der Waals surface area contributed by atoms with Crippen LogP contribution in [0.25, 0.3) is 55.6 Å². The molecular weight excluding hydrogens is 583 g/mol. The molecule has 3 N–H and O–H groups in total. The van der Waals surface area contributed by atoms with Gasteiger partial charge in [0.15, 0.2) is 5.65 Å². The SMILES string of the molecule is CCCCC(=O)Nc1cncc(-c2cnc3[nH]nc(-c4cc5c(-c6cc(F)cc(OCCN7CCCC7)c6)cncc5[nH]4)c3c2)c1. The summed E-state index contributed by atoms with van der Waals surface area (Å²) in [5.41, 5.74) is 6.65. The smallest absolute Gasteiger partial charge is 0.224 e. The molecule has 0 bridgehead atoms. The number of hydrogen-bond donors (Lipinski definition) is 3. The molecule has 11 heteroatoms. The first-order valence-corrected chi connectivity index (χ1v) is 15.8. The van der Waals surface area contributed by atoms with E-state index in [1.165, 1.54) is 25.0 Å². The lowest BCUT2D eigenvalue weighted by Gasteiger charge is -2.15. The minimum atomic E-state index is -0.364. The molecule has 1 saturated heterocycles. The molecule has 5 aromatic heterocycles. The second-order valence-corrected chi connectivity index (χ2v) is 11.7. The predicted molar refractivity (Wildman–Crippen MR) is 177 cm³/mol. The van der Waals surface area contributed by atoms with Crippen molar-refractivity contribution in [2.75, 3.05) is 31.6 Å². The Balaban J connectivity index is 1.17. The standard InChI is InChI=1S/C35H35FN8O2/c1-2-3-6-33(45)40-26-12-23(17-37-19-26)24-14-29-34(42-43-35(29)39-18-24)31-16-28-30(20-38-21-32(28)41-31)22-11-25(36)15-27(13-22)46-10-9-44-7-4-5-8-44/h11-21,41H,2-10H2,1H3,(H,40,45)(H,39,42,43). The highest BCUT2D eigenvalue weighted by molar-refractivity contribution is 6.01. The highest BCUT2D eigenvalue weighted by atomic mass is 19.1. The molecule has 0 saturated carbocycles. The van der Waals surface area contributed by atoms with E-state index in [0.29, 0.717) is 41.4 Å². The first-order valence-electron chi connectivity index (χ1n) is 15.8. The molecule has 0 aliphatic carbocycles. The predicted octanol–water partition coefficient (Wildman–Crippen LogP) is 6.97. The van der Waals surface area contributed by atoms with Crippen LogP contribution in [-0.4, -0.2) is 67.2 Å². The molecule has 0 radical (unpaired) electrons. The Morgan fingerprint density at radius 1 is 0.957 bits per heavy atom. The van der Waals surface area contributed by atoms with E-state index >= 15 is 0 Å². The van der Waals surface area contributed by atoms with E-state index in [2.05, 4.69) is 47.3 Å². The number of aromatic amines is 2. The number of ether oxygens (including phenoxy) is 1. The summed E-state index contributed by atoms with van der Waals surface area (Å²) in [5.74, 6) is 0.106. The van der Waals surface area contributed by atoms with Crippen molar-refractivity contribution in [1.82, 2.24) is 35.0 Å². The van der Waals surface area contributed by atoms with E-state index in [4.69, 9.17) is 4.74 Å². The van der Waals surface area contributed by atoms with Crippen molar-refractivity contribution in [2.24, 2.45) is 0 Å². The van der Waals surface area contributed by atoms with Crippen molar-refractivity contribution < 1.29 is 13.9 Å². The lowest BCUT2D eigenvalue weighted by Crippen LogP contribution is -2.25. The van der Waals surface area contributed by atoms with Gasteiger partial charge in [-0.05, 0) is 68.2 Å². The van der Waals surface area contributed by atoms with Crippen molar-refractivity contribution in [1.29, 1.82) is 0 Å². The Hall–Kier alpha value is -5.16. The van der Waals surface area contributed by atoms with E-state index in [1.54, 1.807) is 31.0 Å². The number of carbonyl (C=O) groups excluding carboxylic acids is 1. The normalized spacial score (nSPS) is 13.5. The van der Waals surface area contributed by atoms with Crippen LogP contribution in [0.4, 0.5) is 10.1 Å². The molecule has 0 atom stereocenters. The number of halogens is 1. The van der Waals surface area contributed by atoms with Crippen LogP contribution in [0.15, 0.2) is 67.4 Å². The molecule has 234 valence electrons. The number of hydrogen-bond acceptors (Lipinski definition) is 7.